The number of amides is 1. The predicted molar refractivity (Wildman–Crippen MR) is 118 cm³/mol. The van der Waals surface area contributed by atoms with Crippen molar-refractivity contribution in [1.29, 1.82) is 0 Å². The lowest BCUT2D eigenvalue weighted by atomic mass is 9.97. The number of hydrogen-bond donors (Lipinski definition) is 1. The number of rotatable bonds is 7. The van der Waals surface area contributed by atoms with E-state index in [2.05, 4.69) is 5.32 Å². The zero-order valence-electron chi connectivity index (χ0n) is 17.3. The standard InChI is InChI=1S/C21H26N2O5S2/c1-27-19-9-4-16(14-20(19)28-2)22-21(24)15-10-12-23(13-11-15)30(25,26)18-7-5-17(29-3)6-8-18/h4-9,14-15H,10-13H2,1-3H3,(H,22,24). The van der Waals surface area contributed by atoms with E-state index in [1.54, 1.807) is 61.3 Å². The Morgan fingerprint density at radius 2 is 1.67 bits per heavy atom. The third kappa shape index (κ3) is 4.91. The minimum Gasteiger partial charge on any atom is -0.493 e. The van der Waals surface area contributed by atoms with Crippen LogP contribution in [0, 0.1) is 5.92 Å². The van der Waals surface area contributed by atoms with Gasteiger partial charge in [-0.2, -0.15) is 4.31 Å². The molecule has 1 aliphatic rings. The Labute approximate surface area is 181 Å². The van der Waals surface area contributed by atoms with Crippen LogP contribution in [0.15, 0.2) is 52.3 Å². The van der Waals surface area contributed by atoms with Crippen molar-refractivity contribution in [2.24, 2.45) is 5.92 Å². The van der Waals surface area contributed by atoms with Crippen LogP contribution < -0.4 is 14.8 Å². The molecular formula is C21H26N2O5S2. The molecule has 0 aliphatic carbocycles. The van der Waals surface area contributed by atoms with Crippen LogP contribution in [-0.4, -0.2) is 52.2 Å². The molecule has 0 unspecified atom stereocenters. The minimum absolute atomic E-state index is 0.122. The summed E-state index contributed by atoms with van der Waals surface area (Å²) in [5.74, 6) is 0.746. The van der Waals surface area contributed by atoms with E-state index in [9.17, 15) is 13.2 Å². The molecular weight excluding hydrogens is 424 g/mol. The second kappa shape index (κ2) is 9.72. The molecule has 9 heteroatoms. The number of methoxy groups -OCH3 is 2. The summed E-state index contributed by atoms with van der Waals surface area (Å²) in [6.45, 7) is 0.632. The maximum Gasteiger partial charge on any atom is 0.243 e. The van der Waals surface area contributed by atoms with E-state index >= 15 is 0 Å². The lowest BCUT2D eigenvalue weighted by Crippen LogP contribution is -2.41. The maximum atomic E-state index is 12.9. The number of sulfonamides is 1. The average Bonchev–Trinajstić information content (AvgIpc) is 2.79. The zero-order chi connectivity index (χ0) is 21.7. The summed E-state index contributed by atoms with van der Waals surface area (Å²) in [6.07, 6.45) is 2.89. The number of piperidine rings is 1. The molecule has 0 aromatic heterocycles. The summed E-state index contributed by atoms with van der Waals surface area (Å²) in [5.41, 5.74) is 0.613. The van der Waals surface area contributed by atoms with Crippen molar-refractivity contribution >= 4 is 33.4 Å². The Morgan fingerprint density at radius 3 is 2.23 bits per heavy atom. The van der Waals surface area contributed by atoms with Crippen molar-refractivity contribution in [3.63, 3.8) is 0 Å². The molecule has 2 aromatic rings. The van der Waals surface area contributed by atoms with Crippen LogP contribution in [0.3, 0.4) is 0 Å². The highest BCUT2D eigenvalue weighted by molar-refractivity contribution is 7.98. The van der Waals surface area contributed by atoms with Crippen molar-refractivity contribution in [2.45, 2.75) is 22.6 Å². The molecule has 0 saturated carbocycles. The number of hydrogen-bond acceptors (Lipinski definition) is 6. The number of nitrogens with zero attached hydrogens (tertiary/aromatic N) is 1. The van der Waals surface area contributed by atoms with Crippen LogP contribution in [0.4, 0.5) is 5.69 Å². The Balaban J connectivity index is 1.61. The second-order valence-corrected chi connectivity index (χ2v) is 9.73. The Kier molecular flexibility index (Phi) is 7.27. The predicted octanol–water partition coefficient (Wildman–Crippen LogP) is 3.47. The van der Waals surface area contributed by atoms with E-state index in [-0.39, 0.29) is 16.7 Å². The fraction of sp³-hybridized carbons (Fsp3) is 0.381. The molecule has 1 amide bonds. The summed E-state index contributed by atoms with van der Waals surface area (Å²) >= 11 is 1.56. The summed E-state index contributed by atoms with van der Waals surface area (Å²) in [6, 6.07) is 12.1. The van der Waals surface area contributed by atoms with Gasteiger partial charge >= 0.3 is 0 Å². The number of nitrogens with one attached hydrogen (secondary N) is 1. The molecule has 3 rings (SSSR count). The number of carbonyl (C=O) groups excluding carboxylic acids is 1. The van der Waals surface area contributed by atoms with E-state index in [4.69, 9.17) is 9.47 Å². The van der Waals surface area contributed by atoms with Gasteiger partial charge < -0.3 is 14.8 Å². The van der Waals surface area contributed by atoms with Crippen LogP contribution in [0.25, 0.3) is 0 Å². The van der Waals surface area contributed by atoms with Gasteiger partial charge in [-0.15, -0.1) is 11.8 Å². The number of benzene rings is 2. The monoisotopic (exact) mass is 450 g/mol. The lowest BCUT2D eigenvalue weighted by molar-refractivity contribution is -0.120. The quantitative estimate of drug-likeness (QED) is 0.651. The largest absolute Gasteiger partial charge is 0.493 e. The topological polar surface area (TPSA) is 84.9 Å². The third-order valence-corrected chi connectivity index (χ3v) is 7.83. The van der Waals surface area contributed by atoms with Crippen molar-refractivity contribution in [2.75, 3.05) is 38.9 Å². The Hall–Kier alpha value is -2.23. The van der Waals surface area contributed by atoms with Crippen LogP contribution in [0.1, 0.15) is 12.8 Å². The van der Waals surface area contributed by atoms with E-state index < -0.39 is 10.0 Å². The van der Waals surface area contributed by atoms with E-state index in [0.29, 0.717) is 43.1 Å². The van der Waals surface area contributed by atoms with Crippen LogP contribution >= 0.6 is 11.8 Å². The summed E-state index contributed by atoms with van der Waals surface area (Å²) in [7, 11) is -0.463. The second-order valence-electron chi connectivity index (χ2n) is 6.91. The molecule has 7 nitrogen and oxygen atoms in total. The first-order valence-corrected chi connectivity index (χ1v) is 12.2. The Morgan fingerprint density at radius 1 is 1.03 bits per heavy atom. The molecule has 1 fully saturated rings. The van der Waals surface area contributed by atoms with Crippen LogP contribution in [0.2, 0.25) is 0 Å². The molecule has 0 bridgehead atoms. The van der Waals surface area contributed by atoms with Gasteiger partial charge in [0.25, 0.3) is 0 Å². The first-order chi connectivity index (χ1) is 14.4. The van der Waals surface area contributed by atoms with Gasteiger partial charge in [-0.05, 0) is 55.5 Å². The van der Waals surface area contributed by atoms with Crippen LogP contribution in [-0.2, 0) is 14.8 Å². The maximum absolute atomic E-state index is 12.9. The molecule has 1 saturated heterocycles. The average molecular weight is 451 g/mol. The van der Waals surface area contributed by atoms with Gasteiger partial charge in [0.2, 0.25) is 15.9 Å². The summed E-state index contributed by atoms with van der Waals surface area (Å²) < 4.78 is 37.7. The van der Waals surface area contributed by atoms with E-state index in [1.165, 1.54) is 11.4 Å². The van der Waals surface area contributed by atoms with E-state index in [1.807, 2.05) is 6.26 Å². The Bertz CT molecular complexity index is 985. The summed E-state index contributed by atoms with van der Waals surface area (Å²) in [5, 5.41) is 2.89. The van der Waals surface area contributed by atoms with Crippen molar-refractivity contribution in [1.82, 2.24) is 4.31 Å². The SMILES string of the molecule is COc1ccc(NC(=O)C2CCN(S(=O)(=O)c3ccc(SC)cc3)CC2)cc1OC. The van der Waals surface area contributed by atoms with Gasteiger partial charge in [0.05, 0.1) is 19.1 Å². The van der Waals surface area contributed by atoms with Crippen molar-refractivity contribution in [3.8, 4) is 11.5 Å². The molecule has 1 heterocycles. The highest BCUT2D eigenvalue weighted by Crippen LogP contribution is 2.31. The van der Waals surface area contributed by atoms with Crippen molar-refractivity contribution in [3.05, 3.63) is 42.5 Å². The highest BCUT2D eigenvalue weighted by atomic mass is 32.2. The molecule has 2 aromatic carbocycles. The molecule has 0 atom stereocenters. The lowest BCUT2D eigenvalue weighted by Gasteiger charge is -2.30. The molecule has 30 heavy (non-hydrogen) atoms. The minimum atomic E-state index is -3.55. The molecule has 0 radical (unpaired) electrons. The first kappa shape index (κ1) is 22.5. The van der Waals surface area contributed by atoms with E-state index in [0.717, 1.165) is 4.90 Å². The third-order valence-electron chi connectivity index (χ3n) is 5.17. The fourth-order valence-corrected chi connectivity index (χ4v) is 5.29. The van der Waals surface area contributed by atoms with Gasteiger partial charge in [0.1, 0.15) is 0 Å². The fourth-order valence-electron chi connectivity index (χ4n) is 3.41. The number of anilines is 1. The van der Waals surface area contributed by atoms with Gasteiger partial charge in [0, 0.05) is 35.7 Å². The van der Waals surface area contributed by atoms with Gasteiger partial charge in [-0.25, -0.2) is 8.42 Å². The normalized spacial score (nSPS) is 15.6. The number of thioether (sulfide) groups is 1. The van der Waals surface area contributed by atoms with Gasteiger partial charge in [0.15, 0.2) is 11.5 Å². The number of carbonyl (C=O) groups is 1. The first-order valence-electron chi connectivity index (χ1n) is 9.56. The smallest absolute Gasteiger partial charge is 0.243 e. The highest BCUT2D eigenvalue weighted by Gasteiger charge is 2.32. The summed E-state index contributed by atoms with van der Waals surface area (Å²) in [4.78, 5) is 14.0. The van der Waals surface area contributed by atoms with Gasteiger partial charge in [-0.3, -0.25) is 4.79 Å². The van der Waals surface area contributed by atoms with Crippen molar-refractivity contribution < 1.29 is 22.7 Å². The molecule has 0 spiro atoms. The van der Waals surface area contributed by atoms with Gasteiger partial charge in [-0.1, -0.05) is 0 Å². The number of ether oxygens (including phenoxy) is 2. The molecule has 1 aliphatic heterocycles. The van der Waals surface area contributed by atoms with Crippen LogP contribution in [0.5, 0.6) is 11.5 Å². The molecule has 1 N–H and O–H groups in total. The zero-order valence-corrected chi connectivity index (χ0v) is 18.9. The molecule has 162 valence electrons.